The maximum absolute atomic E-state index is 13.8. The van der Waals surface area contributed by atoms with Crippen molar-refractivity contribution in [3.8, 4) is 5.75 Å². The molecular weight excluding hydrogens is 410 g/mol. The van der Waals surface area contributed by atoms with Crippen molar-refractivity contribution in [1.82, 2.24) is 4.90 Å². The minimum Gasteiger partial charge on any atom is -0.494 e. The molecule has 3 rings (SSSR count). The van der Waals surface area contributed by atoms with Crippen LogP contribution in [0.5, 0.6) is 5.75 Å². The Labute approximate surface area is 168 Å². The summed E-state index contributed by atoms with van der Waals surface area (Å²) in [4.78, 5) is 26.3. The van der Waals surface area contributed by atoms with E-state index < -0.39 is 34.1 Å². The Morgan fingerprint density at radius 1 is 1.10 bits per heavy atom. The number of ether oxygens (including phenoxy) is 1. The molecule has 2 aromatic rings. The number of benzene rings is 2. The van der Waals surface area contributed by atoms with Crippen LogP contribution in [0.15, 0.2) is 36.4 Å². The van der Waals surface area contributed by atoms with Gasteiger partial charge in [0.05, 0.1) is 23.7 Å². The number of methoxy groups -OCH3 is 1. The van der Waals surface area contributed by atoms with Crippen LogP contribution >= 0.6 is 0 Å². The highest BCUT2D eigenvalue weighted by atomic mass is 19.4. The molecular formula is C19H17F4N3O4. The number of anilines is 1. The van der Waals surface area contributed by atoms with E-state index >= 15 is 0 Å². The fraction of sp³-hybridized carbons (Fsp3) is 0.316. The molecule has 0 aromatic heterocycles. The summed E-state index contributed by atoms with van der Waals surface area (Å²) < 4.78 is 56.7. The zero-order valence-corrected chi connectivity index (χ0v) is 15.8. The minimum absolute atomic E-state index is 0.117. The lowest BCUT2D eigenvalue weighted by Gasteiger charge is -2.36. The number of hydrogen-bond donors (Lipinski definition) is 0. The summed E-state index contributed by atoms with van der Waals surface area (Å²) in [5.74, 6) is -1.43. The number of nitrogens with zero attached hydrogens (tertiary/aromatic N) is 3. The molecule has 1 fully saturated rings. The topological polar surface area (TPSA) is 75.9 Å². The third-order valence-corrected chi connectivity index (χ3v) is 4.81. The second-order valence-electron chi connectivity index (χ2n) is 6.59. The molecule has 0 aliphatic carbocycles. The van der Waals surface area contributed by atoms with Crippen LogP contribution in [0, 0.1) is 15.9 Å². The summed E-state index contributed by atoms with van der Waals surface area (Å²) in [6, 6.07) is 5.95. The number of carbonyl (C=O) groups is 1. The fourth-order valence-electron chi connectivity index (χ4n) is 3.22. The van der Waals surface area contributed by atoms with Crippen molar-refractivity contribution in [1.29, 1.82) is 0 Å². The fourth-order valence-corrected chi connectivity index (χ4v) is 3.22. The third kappa shape index (κ3) is 4.29. The maximum Gasteiger partial charge on any atom is 0.416 e. The van der Waals surface area contributed by atoms with Gasteiger partial charge in [-0.2, -0.15) is 13.2 Å². The van der Waals surface area contributed by atoms with Gasteiger partial charge in [-0.1, -0.05) is 0 Å². The molecule has 1 saturated heterocycles. The second-order valence-corrected chi connectivity index (χ2v) is 6.59. The van der Waals surface area contributed by atoms with E-state index in [-0.39, 0.29) is 43.2 Å². The van der Waals surface area contributed by atoms with E-state index in [2.05, 4.69) is 0 Å². The quantitative estimate of drug-likeness (QED) is 0.422. The van der Waals surface area contributed by atoms with E-state index in [0.29, 0.717) is 0 Å². The van der Waals surface area contributed by atoms with Crippen LogP contribution in [-0.2, 0) is 6.18 Å². The van der Waals surface area contributed by atoms with Gasteiger partial charge in [0, 0.05) is 37.8 Å². The predicted octanol–water partition coefficient (Wildman–Crippen LogP) is 3.72. The van der Waals surface area contributed by atoms with Gasteiger partial charge in [-0.25, -0.2) is 4.39 Å². The number of amides is 1. The molecule has 160 valence electrons. The molecule has 2 aromatic carbocycles. The van der Waals surface area contributed by atoms with Crippen LogP contribution in [0.4, 0.5) is 28.9 Å². The summed E-state index contributed by atoms with van der Waals surface area (Å²) >= 11 is 0. The molecule has 0 atom stereocenters. The highest BCUT2D eigenvalue weighted by Gasteiger charge is 2.31. The lowest BCUT2D eigenvalue weighted by atomic mass is 10.1. The first-order valence-corrected chi connectivity index (χ1v) is 8.85. The van der Waals surface area contributed by atoms with E-state index in [1.807, 2.05) is 0 Å². The molecule has 0 unspecified atom stereocenters. The van der Waals surface area contributed by atoms with Crippen LogP contribution in [-0.4, -0.2) is 49.0 Å². The van der Waals surface area contributed by atoms with Crippen molar-refractivity contribution in [2.45, 2.75) is 6.18 Å². The number of halogens is 4. The molecule has 0 radical (unpaired) electrons. The first-order valence-electron chi connectivity index (χ1n) is 8.85. The molecule has 30 heavy (non-hydrogen) atoms. The Kier molecular flexibility index (Phi) is 5.81. The van der Waals surface area contributed by atoms with Crippen LogP contribution in [0.2, 0.25) is 0 Å². The monoisotopic (exact) mass is 427 g/mol. The van der Waals surface area contributed by atoms with Gasteiger partial charge in [-0.15, -0.1) is 0 Å². The van der Waals surface area contributed by atoms with Gasteiger partial charge < -0.3 is 14.5 Å². The second kappa shape index (κ2) is 8.17. The molecule has 1 aliphatic heterocycles. The smallest absolute Gasteiger partial charge is 0.416 e. The van der Waals surface area contributed by atoms with Gasteiger partial charge in [-0.3, -0.25) is 14.9 Å². The summed E-state index contributed by atoms with van der Waals surface area (Å²) in [6.07, 6.45) is -4.49. The van der Waals surface area contributed by atoms with Crippen molar-refractivity contribution in [2.75, 3.05) is 38.2 Å². The Balaban J connectivity index is 1.73. The number of nitro groups is 1. The van der Waals surface area contributed by atoms with Crippen molar-refractivity contribution >= 4 is 17.3 Å². The van der Waals surface area contributed by atoms with Crippen LogP contribution in [0.25, 0.3) is 0 Å². The Bertz CT molecular complexity index is 955. The number of carbonyl (C=O) groups excluding carboxylic acids is 1. The number of hydrogen-bond acceptors (Lipinski definition) is 5. The summed E-state index contributed by atoms with van der Waals surface area (Å²) in [6.45, 7) is 0.831. The molecule has 0 N–H and O–H groups in total. The van der Waals surface area contributed by atoms with Gasteiger partial charge in [0.15, 0.2) is 11.6 Å². The first kappa shape index (κ1) is 21.3. The number of piperazine rings is 1. The summed E-state index contributed by atoms with van der Waals surface area (Å²) in [7, 11) is 1.24. The lowest BCUT2D eigenvalue weighted by Crippen LogP contribution is -2.49. The van der Waals surface area contributed by atoms with Crippen LogP contribution in [0.3, 0.4) is 0 Å². The average Bonchev–Trinajstić information content (AvgIpc) is 2.72. The third-order valence-electron chi connectivity index (χ3n) is 4.81. The molecule has 1 aliphatic rings. The minimum atomic E-state index is -4.49. The molecule has 0 spiro atoms. The SMILES string of the molecule is COc1cc(N2CCN(C(=O)c3ccc(C(F)(F)F)cc3)CC2)c([N+](=O)[O-])cc1F. The van der Waals surface area contributed by atoms with E-state index in [4.69, 9.17) is 4.74 Å². The van der Waals surface area contributed by atoms with E-state index in [1.54, 1.807) is 4.90 Å². The Hall–Kier alpha value is -3.37. The lowest BCUT2D eigenvalue weighted by molar-refractivity contribution is -0.384. The molecule has 0 saturated carbocycles. The highest BCUT2D eigenvalue weighted by molar-refractivity contribution is 5.94. The van der Waals surface area contributed by atoms with Crippen molar-refractivity contribution in [2.24, 2.45) is 0 Å². The van der Waals surface area contributed by atoms with E-state index in [1.165, 1.54) is 18.1 Å². The standard InChI is InChI=1S/C19H17F4N3O4/c1-30-17-11-15(16(26(28)29)10-14(17)20)24-6-8-25(9-7-24)18(27)12-2-4-13(5-3-12)19(21,22)23/h2-5,10-11H,6-9H2,1H3. The molecule has 7 nitrogen and oxygen atoms in total. The van der Waals surface area contributed by atoms with Gasteiger partial charge in [0.1, 0.15) is 5.69 Å². The number of nitro benzene ring substituents is 1. The van der Waals surface area contributed by atoms with Crippen molar-refractivity contribution < 1.29 is 32.0 Å². The maximum atomic E-state index is 13.8. The van der Waals surface area contributed by atoms with Crippen molar-refractivity contribution in [3.05, 3.63) is 63.5 Å². The Morgan fingerprint density at radius 3 is 2.20 bits per heavy atom. The number of rotatable bonds is 4. The average molecular weight is 427 g/mol. The van der Waals surface area contributed by atoms with Gasteiger partial charge in [-0.05, 0) is 24.3 Å². The molecule has 1 heterocycles. The Morgan fingerprint density at radius 2 is 1.70 bits per heavy atom. The largest absolute Gasteiger partial charge is 0.494 e. The molecule has 0 bridgehead atoms. The normalized spacial score (nSPS) is 14.6. The summed E-state index contributed by atoms with van der Waals surface area (Å²) in [5.41, 5.74) is -0.983. The van der Waals surface area contributed by atoms with Crippen LogP contribution in [0.1, 0.15) is 15.9 Å². The van der Waals surface area contributed by atoms with E-state index in [9.17, 15) is 32.5 Å². The van der Waals surface area contributed by atoms with Gasteiger partial charge in [0.25, 0.3) is 11.6 Å². The zero-order valence-electron chi connectivity index (χ0n) is 15.8. The van der Waals surface area contributed by atoms with E-state index in [0.717, 1.165) is 30.3 Å². The predicted molar refractivity (Wildman–Crippen MR) is 99.2 cm³/mol. The molecule has 1 amide bonds. The summed E-state index contributed by atoms with van der Waals surface area (Å²) in [5, 5.41) is 11.3. The van der Waals surface area contributed by atoms with Crippen LogP contribution < -0.4 is 9.64 Å². The first-order chi connectivity index (χ1) is 14.1. The number of alkyl halides is 3. The van der Waals surface area contributed by atoms with Gasteiger partial charge >= 0.3 is 6.18 Å². The van der Waals surface area contributed by atoms with Gasteiger partial charge in [0.2, 0.25) is 0 Å². The molecule has 11 heteroatoms. The zero-order chi connectivity index (χ0) is 22.1. The highest BCUT2D eigenvalue weighted by Crippen LogP contribution is 2.35. The van der Waals surface area contributed by atoms with Crippen molar-refractivity contribution in [3.63, 3.8) is 0 Å².